The third-order valence-corrected chi connectivity index (χ3v) is 4.18. The summed E-state index contributed by atoms with van der Waals surface area (Å²) in [6, 6.07) is 9.21. The molecular weight excluding hydrogens is 348 g/mol. The van der Waals surface area contributed by atoms with Crippen molar-refractivity contribution in [3.05, 3.63) is 68.7 Å². The second kappa shape index (κ2) is 6.66. The van der Waals surface area contributed by atoms with Crippen LogP contribution in [0, 0.1) is 11.6 Å². The van der Waals surface area contributed by atoms with E-state index in [9.17, 15) is 8.78 Å². The van der Waals surface area contributed by atoms with Crippen LogP contribution >= 0.6 is 27.5 Å². The Hall–Kier alpha value is -0.970. The SMILES string of the molecule is CCNC(c1ccc(F)c(F)c1)c1ccc(Cl)c(Br)c1. The topological polar surface area (TPSA) is 12.0 Å². The van der Waals surface area contributed by atoms with Gasteiger partial charge in [-0.15, -0.1) is 0 Å². The standard InChI is InChI=1S/C15H13BrClF2N/c1-2-20-15(9-3-5-12(17)11(16)7-9)10-4-6-13(18)14(19)8-10/h3-8,15,20H,2H2,1H3. The van der Waals surface area contributed by atoms with Gasteiger partial charge in [0, 0.05) is 4.47 Å². The fraction of sp³-hybridized carbons (Fsp3) is 0.200. The van der Waals surface area contributed by atoms with E-state index in [0.29, 0.717) is 17.1 Å². The fourth-order valence-corrected chi connectivity index (χ4v) is 2.53. The molecule has 20 heavy (non-hydrogen) atoms. The van der Waals surface area contributed by atoms with Crippen molar-refractivity contribution in [2.75, 3.05) is 6.54 Å². The first-order valence-corrected chi connectivity index (χ1v) is 7.33. The minimum atomic E-state index is -0.849. The number of halogens is 4. The molecule has 0 aromatic heterocycles. The molecule has 0 amide bonds. The van der Waals surface area contributed by atoms with Gasteiger partial charge in [0.25, 0.3) is 0 Å². The molecule has 5 heteroatoms. The second-order valence-electron chi connectivity index (χ2n) is 4.34. The van der Waals surface area contributed by atoms with Crippen LogP contribution in [0.5, 0.6) is 0 Å². The Kier molecular flexibility index (Phi) is 5.13. The highest BCUT2D eigenvalue weighted by molar-refractivity contribution is 9.10. The van der Waals surface area contributed by atoms with Crippen LogP contribution in [0.4, 0.5) is 8.78 Å². The van der Waals surface area contributed by atoms with Gasteiger partial charge in [0.1, 0.15) is 0 Å². The van der Waals surface area contributed by atoms with Gasteiger partial charge in [0.15, 0.2) is 11.6 Å². The van der Waals surface area contributed by atoms with Crippen LogP contribution in [-0.4, -0.2) is 6.54 Å². The zero-order valence-corrected chi connectivity index (χ0v) is 13.1. The van der Waals surface area contributed by atoms with Crippen molar-refractivity contribution in [1.82, 2.24) is 5.32 Å². The summed E-state index contributed by atoms with van der Waals surface area (Å²) in [5, 5.41) is 3.86. The Bertz CT molecular complexity index is 567. The third-order valence-electron chi connectivity index (χ3n) is 2.96. The van der Waals surface area contributed by atoms with Crippen LogP contribution in [-0.2, 0) is 0 Å². The van der Waals surface area contributed by atoms with Gasteiger partial charge in [-0.2, -0.15) is 0 Å². The molecule has 0 spiro atoms. The van der Waals surface area contributed by atoms with Gasteiger partial charge in [0.2, 0.25) is 0 Å². The predicted octanol–water partition coefficient (Wildman–Crippen LogP) is 5.08. The van der Waals surface area contributed by atoms with E-state index in [2.05, 4.69) is 21.2 Å². The summed E-state index contributed by atoms with van der Waals surface area (Å²) < 4.78 is 27.2. The number of nitrogens with one attached hydrogen (secondary N) is 1. The minimum absolute atomic E-state index is 0.219. The summed E-state index contributed by atoms with van der Waals surface area (Å²) in [6.45, 7) is 2.65. The molecule has 2 aromatic carbocycles. The van der Waals surface area contributed by atoms with Gasteiger partial charge in [-0.1, -0.05) is 30.7 Å². The smallest absolute Gasteiger partial charge is 0.159 e. The quantitative estimate of drug-likeness (QED) is 0.802. The number of hydrogen-bond acceptors (Lipinski definition) is 1. The molecule has 2 rings (SSSR count). The van der Waals surface area contributed by atoms with Gasteiger partial charge < -0.3 is 5.32 Å². The fourth-order valence-electron chi connectivity index (χ4n) is 2.02. The minimum Gasteiger partial charge on any atom is -0.307 e. The van der Waals surface area contributed by atoms with Crippen molar-refractivity contribution >= 4 is 27.5 Å². The highest BCUT2D eigenvalue weighted by Crippen LogP contribution is 2.29. The van der Waals surface area contributed by atoms with Gasteiger partial charge >= 0.3 is 0 Å². The molecule has 0 aliphatic heterocycles. The Labute approximate surface area is 130 Å². The van der Waals surface area contributed by atoms with Crippen LogP contribution in [0.15, 0.2) is 40.9 Å². The predicted molar refractivity (Wildman–Crippen MR) is 81.0 cm³/mol. The summed E-state index contributed by atoms with van der Waals surface area (Å²) in [4.78, 5) is 0. The molecule has 0 aliphatic rings. The molecule has 0 heterocycles. The lowest BCUT2D eigenvalue weighted by Gasteiger charge is -2.19. The lowest BCUT2D eigenvalue weighted by atomic mass is 9.98. The first-order chi connectivity index (χ1) is 9.52. The summed E-state index contributed by atoms with van der Waals surface area (Å²) in [7, 11) is 0. The number of rotatable bonds is 4. The van der Waals surface area contributed by atoms with E-state index < -0.39 is 11.6 Å². The summed E-state index contributed by atoms with van der Waals surface area (Å²) in [5.41, 5.74) is 1.59. The Balaban J connectivity index is 2.44. The lowest BCUT2D eigenvalue weighted by molar-refractivity contribution is 0.504. The highest BCUT2D eigenvalue weighted by Gasteiger charge is 2.16. The number of benzene rings is 2. The van der Waals surface area contributed by atoms with E-state index in [4.69, 9.17) is 11.6 Å². The van der Waals surface area contributed by atoms with Crippen LogP contribution in [0.2, 0.25) is 5.02 Å². The van der Waals surface area contributed by atoms with E-state index in [-0.39, 0.29) is 6.04 Å². The van der Waals surface area contributed by atoms with E-state index in [1.807, 2.05) is 19.1 Å². The normalized spacial score (nSPS) is 12.4. The van der Waals surface area contributed by atoms with Gasteiger partial charge in [-0.25, -0.2) is 8.78 Å². The van der Waals surface area contributed by atoms with Crippen molar-refractivity contribution in [1.29, 1.82) is 0 Å². The monoisotopic (exact) mass is 359 g/mol. The Morgan fingerprint density at radius 2 is 1.75 bits per heavy atom. The van der Waals surface area contributed by atoms with Gasteiger partial charge in [-0.05, 0) is 57.9 Å². The zero-order valence-electron chi connectivity index (χ0n) is 10.8. The molecule has 1 atom stereocenters. The lowest BCUT2D eigenvalue weighted by Crippen LogP contribution is -2.22. The van der Waals surface area contributed by atoms with E-state index in [1.165, 1.54) is 6.07 Å². The molecule has 0 radical (unpaired) electrons. The molecule has 1 unspecified atom stereocenters. The Morgan fingerprint density at radius 1 is 1.10 bits per heavy atom. The molecule has 0 saturated carbocycles. The molecule has 0 saturated heterocycles. The van der Waals surface area contributed by atoms with E-state index >= 15 is 0 Å². The second-order valence-corrected chi connectivity index (χ2v) is 5.60. The van der Waals surface area contributed by atoms with Crippen LogP contribution in [0.1, 0.15) is 24.1 Å². The average Bonchev–Trinajstić information content (AvgIpc) is 2.43. The zero-order chi connectivity index (χ0) is 14.7. The first-order valence-electron chi connectivity index (χ1n) is 6.16. The third kappa shape index (κ3) is 3.37. The molecule has 1 nitrogen and oxygen atoms in total. The van der Waals surface area contributed by atoms with E-state index in [1.54, 1.807) is 12.1 Å². The first kappa shape index (κ1) is 15.4. The molecule has 0 fully saturated rings. The maximum atomic E-state index is 13.4. The highest BCUT2D eigenvalue weighted by atomic mass is 79.9. The summed E-state index contributed by atoms with van der Waals surface area (Å²) >= 11 is 9.35. The summed E-state index contributed by atoms with van der Waals surface area (Å²) in [5.74, 6) is -1.69. The van der Waals surface area contributed by atoms with Crippen molar-refractivity contribution < 1.29 is 8.78 Å². The maximum Gasteiger partial charge on any atom is 0.159 e. The molecular formula is C15H13BrClF2N. The van der Waals surface area contributed by atoms with Crippen molar-refractivity contribution in [3.63, 3.8) is 0 Å². The Morgan fingerprint density at radius 3 is 2.35 bits per heavy atom. The average molecular weight is 361 g/mol. The van der Waals surface area contributed by atoms with E-state index in [0.717, 1.165) is 16.1 Å². The molecule has 1 N–H and O–H groups in total. The molecule has 0 bridgehead atoms. The van der Waals surface area contributed by atoms with Crippen molar-refractivity contribution in [2.24, 2.45) is 0 Å². The van der Waals surface area contributed by atoms with Crippen LogP contribution in [0.25, 0.3) is 0 Å². The van der Waals surface area contributed by atoms with Crippen molar-refractivity contribution in [2.45, 2.75) is 13.0 Å². The summed E-state index contributed by atoms with van der Waals surface area (Å²) in [6.07, 6.45) is 0. The molecule has 0 aliphatic carbocycles. The molecule has 2 aromatic rings. The largest absolute Gasteiger partial charge is 0.307 e. The number of hydrogen-bond donors (Lipinski definition) is 1. The van der Waals surface area contributed by atoms with Crippen molar-refractivity contribution in [3.8, 4) is 0 Å². The van der Waals surface area contributed by atoms with Gasteiger partial charge in [0.05, 0.1) is 11.1 Å². The molecule has 106 valence electrons. The van der Waals surface area contributed by atoms with Gasteiger partial charge in [-0.3, -0.25) is 0 Å². The van der Waals surface area contributed by atoms with Crippen LogP contribution < -0.4 is 5.32 Å². The maximum absolute atomic E-state index is 13.4. The van der Waals surface area contributed by atoms with Crippen LogP contribution in [0.3, 0.4) is 0 Å².